The molecule has 0 radical (unpaired) electrons. The van der Waals surface area contributed by atoms with Crippen molar-refractivity contribution in [2.75, 3.05) is 32.7 Å². The zero-order valence-electron chi connectivity index (χ0n) is 18.5. The standard InChI is InChI=1S/C27H30FN3O/c1-21(22-12-14-25(28)15-13-22)29-26(32)20-30-16-18-31(19-17-30)27(23-8-4-2-5-9-23)24-10-6-3-7-11-24/h2-15,21,27H,16-20H2,1H3,(H,29,32)/t21-/m1/s1. The van der Waals surface area contributed by atoms with E-state index < -0.39 is 0 Å². The molecule has 5 heteroatoms. The van der Waals surface area contributed by atoms with E-state index in [0.717, 1.165) is 31.7 Å². The second-order valence-electron chi connectivity index (χ2n) is 8.38. The molecule has 0 unspecified atom stereocenters. The summed E-state index contributed by atoms with van der Waals surface area (Å²) in [5.41, 5.74) is 3.48. The van der Waals surface area contributed by atoms with Crippen molar-refractivity contribution in [3.8, 4) is 0 Å². The van der Waals surface area contributed by atoms with Crippen molar-refractivity contribution in [3.05, 3.63) is 107 Å². The van der Waals surface area contributed by atoms with Gasteiger partial charge in [0.1, 0.15) is 5.82 Å². The van der Waals surface area contributed by atoms with Crippen molar-refractivity contribution in [1.82, 2.24) is 15.1 Å². The molecule has 1 aliphatic rings. The molecule has 0 aromatic heterocycles. The molecule has 1 saturated heterocycles. The third-order valence-electron chi connectivity index (χ3n) is 6.12. The van der Waals surface area contributed by atoms with E-state index in [-0.39, 0.29) is 23.8 Å². The minimum Gasteiger partial charge on any atom is -0.348 e. The number of benzene rings is 3. The van der Waals surface area contributed by atoms with Crippen LogP contribution in [-0.2, 0) is 4.79 Å². The average Bonchev–Trinajstić information content (AvgIpc) is 2.82. The molecule has 1 N–H and O–H groups in total. The van der Waals surface area contributed by atoms with Crippen molar-refractivity contribution in [1.29, 1.82) is 0 Å². The second-order valence-corrected chi connectivity index (χ2v) is 8.38. The van der Waals surface area contributed by atoms with Gasteiger partial charge in [0.2, 0.25) is 5.91 Å². The first kappa shape index (κ1) is 22.2. The lowest BCUT2D eigenvalue weighted by Gasteiger charge is -2.39. The van der Waals surface area contributed by atoms with Crippen molar-refractivity contribution in [2.45, 2.75) is 19.0 Å². The van der Waals surface area contributed by atoms with Crippen molar-refractivity contribution in [2.24, 2.45) is 0 Å². The van der Waals surface area contributed by atoms with E-state index in [4.69, 9.17) is 0 Å². The minimum absolute atomic E-state index is 0.00190. The van der Waals surface area contributed by atoms with Gasteiger partial charge in [0, 0.05) is 26.2 Å². The van der Waals surface area contributed by atoms with Gasteiger partial charge >= 0.3 is 0 Å². The smallest absolute Gasteiger partial charge is 0.234 e. The van der Waals surface area contributed by atoms with Crippen LogP contribution in [0.15, 0.2) is 84.9 Å². The molecule has 1 amide bonds. The van der Waals surface area contributed by atoms with Gasteiger partial charge < -0.3 is 5.32 Å². The maximum Gasteiger partial charge on any atom is 0.234 e. The summed E-state index contributed by atoms with van der Waals surface area (Å²) in [6, 6.07) is 27.6. The summed E-state index contributed by atoms with van der Waals surface area (Å²) in [5, 5.41) is 3.03. The highest BCUT2D eigenvalue weighted by molar-refractivity contribution is 5.78. The van der Waals surface area contributed by atoms with E-state index in [1.807, 2.05) is 6.92 Å². The van der Waals surface area contributed by atoms with Gasteiger partial charge in [0.05, 0.1) is 18.6 Å². The molecule has 0 bridgehead atoms. The van der Waals surface area contributed by atoms with E-state index in [2.05, 4.69) is 75.8 Å². The van der Waals surface area contributed by atoms with Crippen LogP contribution in [0.2, 0.25) is 0 Å². The molecule has 4 rings (SSSR count). The highest BCUT2D eigenvalue weighted by Gasteiger charge is 2.27. The fourth-order valence-corrected chi connectivity index (χ4v) is 4.39. The van der Waals surface area contributed by atoms with Gasteiger partial charge in [0.25, 0.3) is 0 Å². The Hall–Kier alpha value is -3.02. The third kappa shape index (κ3) is 5.61. The van der Waals surface area contributed by atoms with Crippen LogP contribution in [0.1, 0.15) is 35.7 Å². The number of halogens is 1. The lowest BCUT2D eigenvalue weighted by atomic mass is 9.96. The number of piperazine rings is 1. The predicted octanol–water partition coefficient (Wildman–Crippen LogP) is 4.41. The van der Waals surface area contributed by atoms with Crippen LogP contribution in [0.25, 0.3) is 0 Å². The Labute approximate surface area is 189 Å². The molecule has 0 aliphatic carbocycles. The summed E-state index contributed by atoms with van der Waals surface area (Å²) in [5.74, 6) is -0.271. The first-order valence-electron chi connectivity index (χ1n) is 11.2. The SMILES string of the molecule is C[C@@H](NC(=O)CN1CCN(C(c2ccccc2)c2ccccc2)CC1)c1ccc(F)cc1. The summed E-state index contributed by atoms with van der Waals surface area (Å²) in [4.78, 5) is 17.3. The van der Waals surface area contributed by atoms with Gasteiger partial charge in [0.15, 0.2) is 0 Å². The molecule has 1 heterocycles. The first-order valence-corrected chi connectivity index (χ1v) is 11.2. The number of hydrogen-bond donors (Lipinski definition) is 1. The molecule has 1 atom stereocenters. The van der Waals surface area contributed by atoms with E-state index in [1.165, 1.54) is 23.3 Å². The molecule has 0 saturated carbocycles. The van der Waals surface area contributed by atoms with Gasteiger partial charge in [-0.2, -0.15) is 0 Å². The van der Waals surface area contributed by atoms with Crippen LogP contribution in [0.5, 0.6) is 0 Å². The van der Waals surface area contributed by atoms with Crippen LogP contribution in [0.4, 0.5) is 4.39 Å². The van der Waals surface area contributed by atoms with Crippen molar-refractivity contribution in [3.63, 3.8) is 0 Å². The summed E-state index contributed by atoms with van der Waals surface area (Å²) < 4.78 is 13.1. The lowest BCUT2D eigenvalue weighted by molar-refractivity contribution is -0.123. The molecular weight excluding hydrogens is 401 g/mol. The monoisotopic (exact) mass is 431 g/mol. The van der Waals surface area contributed by atoms with Gasteiger partial charge in [-0.25, -0.2) is 4.39 Å². The van der Waals surface area contributed by atoms with Crippen molar-refractivity contribution < 1.29 is 9.18 Å². The van der Waals surface area contributed by atoms with Crippen LogP contribution in [-0.4, -0.2) is 48.4 Å². The highest BCUT2D eigenvalue weighted by Crippen LogP contribution is 2.29. The van der Waals surface area contributed by atoms with E-state index >= 15 is 0 Å². The van der Waals surface area contributed by atoms with Crippen LogP contribution in [0.3, 0.4) is 0 Å². The third-order valence-corrected chi connectivity index (χ3v) is 6.12. The highest BCUT2D eigenvalue weighted by atomic mass is 19.1. The Balaban J connectivity index is 1.34. The zero-order chi connectivity index (χ0) is 22.3. The zero-order valence-corrected chi connectivity index (χ0v) is 18.5. The van der Waals surface area contributed by atoms with Gasteiger partial charge in [-0.1, -0.05) is 72.8 Å². The largest absolute Gasteiger partial charge is 0.348 e. The molecule has 3 aromatic carbocycles. The summed E-state index contributed by atoms with van der Waals surface area (Å²) in [6.07, 6.45) is 0. The fourth-order valence-electron chi connectivity index (χ4n) is 4.39. The Morgan fingerprint density at radius 1 is 0.812 bits per heavy atom. The second kappa shape index (κ2) is 10.5. The summed E-state index contributed by atoms with van der Waals surface area (Å²) >= 11 is 0. The number of carbonyl (C=O) groups is 1. The van der Waals surface area contributed by atoms with E-state index in [9.17, 15) is 9.18 Å². The van der Waals surface area contributed by atoms with Crippen LogP contribution in [0, 0.1) is 5.82 Å². The Morgan fingerprint density at radius 3 is 1.88 bits per heavy atom. The Kier molecular flexibility index (Phi) is 7.30. The maximum absolute atomic E-state index is 13.1. The minimum atomic E-state index is -0.269. The molecule has 166 valence electrons. The van der Waals surface area contributed by atoms with Gasteiger partial charge in [-0.15, -0.1) is 0 Å². The topological polar surface area (TPSA) is 35.6 Å². The number of amides is 1. The normalized spacial score (nSPS) is 16.1. The molecule has 1 aliphatic heterocycles. The molecule has 0 spiro atoms. The maximum atomic E-state index is 13.1. The Morgan fingerprint density at radius 2 is 1.34 bits per heavy atom. The van der Waals surface area contributed by atoms with Crippen molar-refractivity contribution >= 4 is 5.91 Å². The average molecular weight is 432 g/mol. The quantitative estimate of drug-likeness (QED) is 0.602. The summed E-state index contributed by atoms with van der Waals surface area (Å²) in [6.45, 7) is 5.78. The van der Waals surface area contributed by atoms with E-state index in [1.54, 1.807) is 12.1 Å². The van der Waals surface area contributed by atoms with E-state index in [0.29, 0.717) is 6.54 Å². The van der Waals surface area contributed by atoms with Gasteiger partial charge in [-0.05, 0) is 35.7 Å². The first-order chi connectivity index (χ1) is 15.6. The molecule has 1 fully saturated rings. The number of nitrogens with one attached hydrogen (secondary N) is 1. The van der Waals surface area contributed by atoms with Crippen LogP contribution >= 0.6 is 0 Å². The van der Waals surface area contributed by atoms with Gasteiger partial charge in [-0.3, -0.25) is 14.6 Å². The predicted molar refractivity (Wildman–Crippen MR) is 126 cm³/mol. The molecule has 32 heavy (non-hydrogen) atoms. The number of hydrogen-bond acceptors (Lipinski definition) is 3. The number of nitrogens with zero attached hydrogens (tertiary/aromatic N) is 2. The molecule has 3 aromatic rings. The number of rotatable bonds is 7. The molecular formula is C27H30FN3O. The molecule has 4 nitrogen and oxygen atoms in total. The summed E-state index contributed by atoms with van der Waals surface area (Å²) in [7, 11) is 0. The number of carbonyl (C=O) groups excluding carboxylic acids is 1. The van der Waals surface area contributed by atoms with Crippen LogP contribution < -0.4 is 5.32 Å². The lowest BCUT2D eigenvalue weighted by Crippen LogP contribution is -2.50. The Bertz CT molecular complexity index is 947. The fraction of sp³-hybridized carbons (Fsp3) is 0.296.